The van der Waals surface area contributed by atoms with Crippen molar-refractivity contribution in [3.8, 4) is 0 Å². The number of nitrogens with one attached hydrogen (secondary N) is 4. The van der Waals surface area contributed by atoms with E-state index in [2.05, 4.69) is 21.3 Å². The van der Waals surface area contributed by atoms with Gasteiger partial charge in [0.2, 0.25) is 5.91 Å². The molecule has 37 heavy (non-hydrogen) atoms. The molecule has 8 nitrogen and oxygen atoms in total. The molecule has 0 atom stereocenters. The quantitative estimate of drug-likeness (QED) is 0.300. The summed E-state index contributed by atoms with van der Waals surface area (Å²) in [6, 6.07) is 16.9. The molecule has 0 saturated carbocycles. The number of methoxy groups -OCH3 is 1. The van der Waals surface area contributed by atoms with E-state index in [1.165, 1.54) is 31.4 Å². The Balaban J connectivity index is 1.52. The highest BCUT2D eigenvalue weighted by molar-refractivity contribution is 6.05. The molecule has 194 valence electrons. The van der Waals surface area contributed by atoms with E-state index in [1.54, 1.807) is 36.4 Å². The number of amides is 3. The number of carbonyl (C=O) groups excluding carboxylic acids is 3. The third kappa shape index (κ3) is 8.36. The van der Waals surface area contributed by atoms with Gasteiger partial charge in [-0.1, -0.05) is 12.1 Å². The summed E-state index contributed by atoms with van der Waals surface area (Å²) >= 11 is 0. The Bertz CT molecular complexity index is 1250. The predicted molar refractivity (Wildman–Crippen MR) is 134 cm³/mol. The van der Waals surface area contributed by atoms with E-state index < -0.39 is 17.6 Å². The summed E-state index contributed by atoms with van der Waals surface area (Å²) in [7, 11) is 1.54. The number of benzene rings is 3. The fourth-order valence-electron chi connectivity index (χ4n) is 3.21. The number of rotatable bonds is 10. The molecule has 3 amide bonds. The van der Waals surface area contributed by atoms with Crippen molar-refractivity contribution in [1.29, 1.82) is 0 Å². The maximum atomic E-state index is 12.9. The molecule has 0 aliphatic carbocycles. The topological polar surface area (TPSA) is 109 Å². The number of carbonyl (C=O) groups is 3. The molecule has 3 rings (SSSR count). The molecule has 0 unspecified atom stereocenters. The van der Waals surface area contributed by atoms with E-state index in [0.29, 0.717) is 30.1 Å². The smallest absolute Gasteiger partial charge is 0.383 e. The summed E-state index contributed by atoms with van der Waals surface area (Å²) in [6.45, 7) is 0.668. The van der Waals surface area contributed by atoms with Gasteiger partial charge in [0.25, 0.3) is 11.8 Å². The Morgan fingerprint density at radius 3 is 2.19 bits per heavy atom. The minimum absolute atomic E-state index is 0.0102. The lowest BCUT2D eigenvalue weighted by molar-refractivity contribution is -0.137. The average molecular weight is 515 g/mol. The average Bonchev–Trinajstić information content (AvgIpc) is 2.88. The van der Waals surface area contributed by atoms with Crippen LogP contribution in [0.4, 0.5) is 30.2 Å². The molecule has 0 fully saturated rings. The van der Waals surface area contributed by atoms with Crippen LogP contribution < -0.4 is 21.3 Å². The van der Waals surface area contributed by atoms with Crippen LogP contribution in [0.3, 0.4) is 0 Å². The summed E-state index contributed by atoms with van der Waals surface area (Å²) < 4.78 is 43.6. The van der Waals surface area contributed by atoms with Crippen molar-refractivity contribution in [2.75, 3.05) is 42.8 Å². The molecule has 4 N–H and O–H groups in total. The van der Waals surface area contributed by atoms with Crippen LogP contribution in [0.2, 0.25) is 0 Å². The summed E-state index contributed by atoms with van der Waals surface area (Å²) in [6.07, 6.45) is -4.52. The zero-order valence-electron chi connectivity index (χ0n) is 19.8. The van der Waals surface area contributed by atoms with Crippen LogP contribution in [0.15, 0.2) is 72.8 Å². The highest BCUT2D eigenvalue weighted by Crippen LogP contribution is 2.30. The maximum Gasteiger partial charge on any atom is 0.416 e. The van der Waals surface area contributed by atoms with Crippen LogP contribution >= 0.6 is 0 Å². The molecule has 0 aromatic heterocycles. The van der Waals surface area contributed by atoms with Crippen molar-refractivity contribution in [3.63, 3.8) is 0 Å². The number of anilines is 3. The number of halogens is 3. The Labute approximate surface area is 211 Å². The van der Waals surface area contributed by atoms with Crippen molar-refractivity contribution < 1.29 is 32.3 Å². The van der Waals surface area contributed by atoms with E-state index in [9.17, 15) is 27.6 Å². The number of hydrogen-bond acceptors (Lipinski definition) is 5. The maximum absolute atomic E-state index is 12.9. The summed E-state index contributed by atoms with van der Waals surface area (Å²) in [5.41, 5.74) is 0.738. The summed E-state index contributed by atoms with van der Waals surface area (Å²) in [5, 5.41) is 10.7. The molecular weight excluding hydrogens is 489 g/mol. The van der Waals surface area contributed by atoms with Crippen molar-refractivity contribution in [2.24, 2.45) is 0 Å². The molecule has 3 aromatic carbocycles. The van der Waals surface area contributed by atoms with Gasteiger partial charge in [0.1, 0.15) is 0 Å². The van der Waals surface area contributed by atoms with E-state index in [-0.39, 0.29) is 29.6 Å². The lowest BCUT2D eigenvalue weighted by Gasteiger charge is -2.11. The van der Waals surface area contributed by atoms with Crippen LogP contribution in [0, 0.1) is 0 Å². The fraction of sp³-hybridized carbons (Fsp3) is 0.192. The zero-order valence-corrected chi connectivity index (χ0v) is 19.8. The number of ether oxygens (including phenoxy) is 1. The highest BCUT2D eigenvalue weighted by atomic mass is 19.4. The summed E-state index contributed by atoms with van der Waals surface area (Å²) in [5.74, 6) is -1.22. The summed E-state index contributed by atoms with van der Waals surface area (Å²) in [4.78, 5) is 36.8. The number of alkyl halides is 3. The minimum atomic E-state index is -4.52. The van der Waals surface area contributed by atoms with Gasteiger partial charge >= 0.3 is 6.18 Å². The lowest BCUT2D eigenvalue weighted by atomic mass is 10.1. The molecular formula is C26H25F3N4O4. The van der Waals surface area contributed by atoms with Crippen molar-refractivity contribution in [2.45, 2.75) is 6.18 Å². The van der Waals surface area contributed by atoms with Gasteiger partial charge < -0.3 is 26.0 Å². The molecule has 0 heterocycles. The predicted octanol–water partition coefficient (Wildman–Crippen LogP) is 4.38. The Morgan fingerprint density at radius 2 is 1.49 bits per heavy atom. The standard InChI is InChI=1S/C26H25F3N4O4/c1-37-13-12-30-24(35)17-8-10-20(11-9-17)32-23(34)16-31-21-6-2-4-18(14-21)25(36)33-22-7-3-5-19(15-22)26(27,28)29/h2-11,14-15,31H,12-13,16H2,1H3,(H,30,35)(H,32,34)(H,33,36). The molecule has 11 heteroatoms. The van der Waals surface area contributed by atoms with Crippen LogP contribution in [0.5, 0.6) is 0 Å². The second-order valence-electron chi connectivity index (χ2n) is 7.84. The first kappa shape index (κ1) is 27.2. The monoisotopic (exact) mass is 514 g/mol. The Morgan fingerprint density at radius 1 is 0.784 bits per heavy atom. The first-order valence-electron chi connectivity index (χ1n) is 11.2. The van der Waals surface area contributed by atoms with E-state index in [4.69, 9.17) is 4.74 Å². The minimum Gasteiger partial charge on any atom is -0.383 e. The van der Waals surface area contributed by atoms with Crippen LogP contribution in [0.25, 0.3) is 0 Å². The van der Waals surface area contributed by atoms with Gasteiger partial charge in [-0.25, -0.2) is 0 Å². The lowest BCUT2D eigenvalue weighted by Crippen LogP contribution is -2.27. The van der Waals surface area contributed by atoms with Gasteiger partial charge in [0.05, 0.1) is 18.7 Å². The zero-order chi connectivity index (χ0) is 26.8. The van der Waals surface area contributed by atoms with Gasteiger partial charge in [-0.3, -0.25) is 14.4 Å². The number of hydrogen-bond donors (Lipinski definition) is 4. The van der Waals surface area contributed by atoms with Gasteiger partial charge in [0, 0.05) is 41.8 Å². The van der Waals surface area contributed by atoms with Gasteiger partial charge in [0.15, 0.2) is 0 Å². The molecule has 0 bridgehead atoms. The molecule has 0 radical (unpaired) electrons. The third-order valence-electron chi connectivity index (χ3n) is 5.05. The van der Waals surface area contributed by atoms with Gasteiger partial charge in [-0.05, 0) is 60.7 Å². The van der Waals surface area contributed by atoms with E-state index in [0.717, 1.165) is 12.1 Å². The largest absolute Gasteiger partial charge is 0.416 e. The highest BCUT2D eigenvalue weighted by Gasteiger charge is 2.30. The van der Waals surface area contributed by atoms with E-state index in [1.807, 2.05) is 0 Å². The van der Waals surface area contributed by atoms with E-state index >= 15 is 0 Å². The molecule has 0 aliphatic rings. The van der Waals surface area contributed by atoms with Crippen LogP contribution in [0.1, 0.15) is 26.3 Å². The second-order valence-corrected chi connectivity index (χ2v) is 7.84. The van der Waals surface area contributed by atoms with Gasteiger partial charge in [-0.15, -0.1) is 0 Å². The van der Waals surface area contributed by atoms with Crippen LogP contribution in [-0.4, -0.2) is 44.5 Å². The first-order valence-corrected chi connectivity index (χ1v) is 11.2. The van der Waals surface area contributed by atoms with Crippen molar-refractivity contribution in [1.82, 2.24) is 5.32 Å². The Kier molecular flexibility index (Phi) is 9.22. The molecule has 0 saturated heterocycles. The fourth-order valence-corrected chi connectivity index (χ4v) is 3.21. The molecule has 3 aromatic rings. The Hall–Kier alpha value is -4.38. The molecule has 0 spiro atoms. The third-order valence-corrected chi connectivity index (χ3v) is 5.05. The SMILES string of the molecule is COCCNC(=O)c1ccc(NC(=O)CNc2cccc(C(=O)Nc3cccc(C(F)(F)F)c3)c2)cc1. The van der Waals surface area contributed by atoms with Crippen molar-refractivity contribution in [3.05, 3.63) is 89.5 Å². The first-order chi connectivity index (χ1) is 17.7. The molecule has 0 aliphatic heterocycles. The van der Waals surface area contributed by atoms with Crippen molar-refractivity contribution >= 4 is 34.8 Å². The van der Waals surface area contributed by atoms with Gasteiger partial charge in [-0.2, -0.15) is 13.2 Å². The van der Waals surface area contributed by atoms with Crippen LogP contribution in [-0.2, 0) is 15.7 Å². The second kappa shape index (κ2) is 12.5. The normalized spacial score (nSPS) is 10.9.